The molecule has 0 aromatic heterocycles. The summed E-state index contributed by atoms with van der Waals surface area (Å²) in [6, 6.07) is 3.91. The van der Waals surface area contributed by atoms with Crippen LogP contribution in [0.5, 0.6) is 0 Å². The first-order chi connectivity index (χ1) is 8.97. The molecule has 0 aliphatic heterocycles. The van der Waals surface area contributed by atoms with Gasteiger partial charge in [-0.1, -0.05) is 0 Å². The molecule has 0 saturated heterocycles. The van der Waals surface area contributed by atoms with E-state index in [4.69, 9.17) is 5.11 Å². The quantitative estimate of drug-likeness (QED) is 0.886. The maximum atomic E-state index is 13.0. The zero-order chi connectivity index (χ0) is 14.0. The lowest BCUT2D eigenvalue weighted by Gasteiger charge is -2.21. The van der Waals surface area contributed by atoms with E-state index in [1.165, 1.54) is 23.1 Å². The van der Waals surface area contributed by atoms with Gasteiger partial charge >= 0.3 is 5.97 Å². The van der Waals surface area contributed by atoms with Crippen LogP contribution in [0.1, 0.15) is 28.8 Å². The summed E-state index contributed by atoms with van der Waals surface area (Å²) in [4.78, 5) is 24.5. The number of nitrogens with zero attached hydrogens (tertiary/aromatic N) is 1. The second-order valence-electron chi connectivity index (χ2n) is 4.98. The fraction of sp³-hybridized carbons (Fsp3) is 0.429. The largest absolute Gasteiger partial charge is 0.480 e. The number of hydrogen-bond donors (Lipinski definition) is 1. The van der Waals surface area contributed by atoms with Gasteiger partial charge in [0.15, 0.2) is 0 Å². The second-order valence-corrected chi connectivity index (χ2v) is 4.98. The second kappa shape index (κ2) is 5.38. The van der Waals surface area contributed by atoms with Gasteiger partial charge in [-0.2, -0.15) is 0 Å². The van der Waals surface area contributed by atoms with Crippen molar-refractivity contribution in [2.24, 2.45) is 5.92 Å². The molecule has 0 spiro atoms. The summed E-state index contributed by atoms with van der Waals surface area (Å²) in [5, 5.41) is 8.87. The van der Waals surface area contributed by atoms with Crippen LogP contribution in [0.15, 0.2) is 18.2 Å². The van der Waals surface area contributed by atoms with Crippen molar-refractivity contribution in [2.75, 3.05) is 13.1 Å². The zero-order valence-corrected chi connectivity index (χ0v) is 10.7. The third-order valence-corrected chi connectivity index (χ3v) is 3.21. The van der Waals surface area contributed by atoms with Crippen molar-refractivity contribution >= 4 is 11.9 Å². The smallest absolute Gasteiger partial charge is 0.323 e. The Morgan fingerprint density at radius 2 is 2.11 bits per heavy atom. The van der Waals surface area contributed by atoms with Crippen molar-refractivity contribution in [3.05, 3.63) is 35.1 Å². The first kappa shape index (κ1) is 13.5. The zero-order valence-electron chi connectivity index (χ0n) is 10.7. The molecule has 0 unspecified atom stereocenters. The number of aryl methyl sites for hydroxylation is 1. The van der Waals surface area contributed by atoms with E-state index < -0.39 is 11.8 Å². The minimum Gasteiger partial charge on any atom is -0.480 e. The van der Waals surface area contributed by atoms with Gasteiger partial charge in [0.25, 0.3) is 5.91 Å². The predicted octanol–water partition coefficient (Wildman–Crippen LogP) is 2.07. The molecule has 0 heterocycles. The standard InChI is InChI=1S/C14H16FNO3/c1-9-6-11(15)4-5-12(9)14(19)16(8-13(17)18)7-10-2-3-10/h4-6,10H,2-3,7-8H2,1H3,(H,17,18). The number of amides is 1. The van der Waals surface area contributed by atoms with Crippen molar-refractivity contribution < 1.29 is 19.1 Å². The Labute approximate surface area is 110 Å². The van der Waals surface area contributed by atoms with E-state index in [-0.39, 0.29) is 12.5 Å². The van der Waals surface area contributed by atoms with E-state index >= 15 is 0 Å². The Morgan fingerprint density at radius 1 is 1.42 bits per heavy atom. The van der Waals surface area contributed by atoms with Crippen LogP contribution in [-0.2, 0) is 4.79 Å². The summed E-state index contributed by atoms with van der Waals surface area (Å²) in [6.45, 7) is 1.79. The van der Waals surface area contributed by atoms with E-state index in [0.717, 1.165) is 12.8 Å². The molecule has 1 aliphatic rings. The van der Waals surface area contributed by atoms with Crippen molar-refractivity contribution in [3.63, 3.8) is 0 Å². The molecule has 1 N–H and O–H groups in total. The molecule has 2 rings (SSSR count). The molecule has 1 aliphatic carbocycles. The number of carbonyl (C=O) groups is 2. The van der Waals surface area contributed by atoms with Gasteiger partial charge < -0.3 is 10.0 Å². The Kier molecular flexibility index (Phi) is 3.83. The lowest BCUT2D eigenvalue weighted by Crippen LogP contribution is -2.37. The van der Waals surface area contributed by atoms with E-state index in [1.54, 1.807) is 6.92 Å². The molecule has 1 saturated carbocycles. The summed E-state index contributed by atoms with van der Waals surface area (Å²) in [6.07, 6.45) is 2.07. The first-order valence-corrected chi connectivity index (χ1v) is 6.24. The van der Waals surface area contributed by atoms with E-state index in [2.05, 4.69) is 0 Å². The number of carboxylic acids is 1. The molecule has 19 heavy (non-hydrogen) atoms. The molecule has 1 fully saturated rings. The average Bonchev–Trinajstić information content (AvgIpc) is 3.10. The Bertz CT molecular complexity index is 511. The van der Waals surface area contributed by atoms with Crippen LogP contribution in [0, 0.1) is 18.7 Å². The molecule has 1 aromatic carbocycles. The van der Waals surface area contributed by atoms with Gasteiger partial charge in [0, 0.05) is 12.1 Å². The van der Waals surface area contributed by atoms with Gasteiger partial charge in [-0.25, -0.2) is 4.39 Å². The highest BCUT2D eigenvalue weighted by Gasteiger charge is 2.28. The molecule has 4 nitrogen and oxygen atoms in total. The lowest BCUT2D eigenvalue weighted by atomic mass is 10.1. The maximum absolute atomic E-state index is 13.0. The van der Waals surface area contributed by atoms with Gasteiger partial charge in [-0.05, 0) is 49.4 Å². The third-order valence-electron chi connectivity index (χ3n) is 3.21. The molecular formula is C14H16FNO3. The number of hydrogen-bond acceptors (Lipinski definition) is 2. The van der Waals surface area contributed by atoms with Crippen molar-refractivity contribution in [1.82, 2.24) is 4.90 Å². The summed E-state index contributed by atoms with van der Waals surface area (Å²) in [7, 11) is 0. The predicted molar refractivity (Wildman–Crippen MR) is 67.4 cm³/mol. The average molecular weight is 265 g/mol. The number of benzene rings is 1. The van der Waals surface area contributed by atoms with Gasteiger partial charge in [-0.15, -0.1) is 0 Å². The third kappa shape index (κ3) is 3.53. The van der Waals surface area contributed by atoms with Crippen LogP contribution in [0.2, 0.25) is 0 Å². The van der Waals surface area contributed by atoms with Crippen molar-refractivity contribution in [3.8, 4) is 0 Å². The van der Waals surface area contributed by atoms with Gasteiger partial charge in [0.2, 0.25) is 0 Å². The number of carbonyl (C=O) groups excluding carboxylic acids is 1. The summed E-state index contributed by atoms with van der Waals surface area (Å²) in [5.74, 6) is -1.37. The minimum absolute atomic E-state index is 0.313. The Hall–Kier alpha value is -1.91. The van der Waals surface area contributed by atoms with Crippen LogP contribution >= 0.6 is 0 Å². The van der Waals surface area contributed by atoms with E-state index in [9.17, 15) is 14.0 Å². The number of carboxylic acid groups (broad SMARTS) is 1. The lowest BCUT2D eigenvalue weighted by molar-refractivity contribution is -0.137. The fourth-order valence-electron chi connectivity index (χ4n) is 2.03. The Morgan fingerprint density at radius 3 is 2.63 bits per heavy atom. The van der Waals surface area contributed by atoms with Crippen LogP contribution in [0.3, 0.4) is 0 Å². The fourth-order valence-corrected chi connectivity index (χ4v) is 2.03. The monoisotopic (exact) mass is 265 g/mol. The number of halogens is 1. The topological polar surface area (TPSA) is 57.6 Å². The maximum Gasteiger partial charge on any atom is 0.323 e. The molecule has 102 valence electrons. The van der Waals surface area contributed by atoms with Gasteiger partial charge in [0.05, 0.1) is 0 Å². The van der Waals surface area contributed by atoms with Crippen LogP contribution in [-0.4, -0.2) is 35.0 Å². The SMILES string of the molecule is Cc1cc(F)ccc1C(=O)N(CC(=O)O)CC1CC1. The van der Waals surface area contributed by atoms with Gasteiger partial charge in [-0.3, -0.25) is 9.59 Å². The number of rotatable bonds is 5. The summed E-state index contributed by atoms with van der Waals surface area (Å²) in [5.41, 5.74) is 0.888. The van der Waals surface area contributed by atoms with E-state index in [0.29, 0.717) is 23.6 Å². The molecule has 5 heteroatoms. The summed E-state index contributed by atoms with van der Waals surface area (Å²) < 4.78 is 13.0. The Balaban J connectivity index is 2.19. The van der Waals surface area contributed by atoms with Crippen molar-refractivity contribution in [1.29, 1.82) is 0 Å². The minimum atomic E-state index is -1.03. The van der Waals surface area contributed by atoms with Crippen LogP contribution < -0.4 is 0 Å². The van der Waals surface area contributed by atoms with Crippen molar-refractivity contribution in [2.45, 2.75) is 19.8 Å². The molecule has 1 aromatic rings. The van der Waals surface area contributed by atoms with E-state index in [1.807, 2.05) is 0 Å². The molecule has 0 bridgehead atoms. The molecule has 0 radical (unpaired) electrons. The first-order valence-electron chi connectivity index (χ1n) is 6.24. The highest BCUT2D eigenvalue weighted by atomic mass is 19.1. The van der Waals surface area contributed by atoms with Crippen LogP contribution in [0.4, 0.5) is 4.39 Å². The van der Waals surface area contributed by atoms with Gasteiger partial charge in [0.1, 0.15) is 12.4 Å². The number of aliphatic carboxylic acids is 1. The highest BCUT2D eigenvalue weighted by molar-refractivity contribution is 5.97. The molecular weight excluding hydrogens is 249 g/mol. The summed E-state index contributed by atoms with van der Waals surface area (Å²) >= 11 is 0. The normalized spacial score (nSPS) is 14.2. The molecule has 0 atom stereocenters. The van der Waals surface area contributed by atoms with Crippen LogP contribution in [0.25, 0.3) is 0 Å². The highest BCUT2D eigenvalue weighted by Crippen LogP contribution is 2.30. The molecule has 1 amide bonds.